The predicted octanol–water partition coefficient (Wildman–Crippen LogP) is 5.89. The average molecular weight is 393 g/mol. The van der Waals surface area contributed by atoms with Gasteiger partial charge in [0.05, 0.1) is 0 Å². The van der Waals surface area contributed by atoms with E-state index in [1.165, 1.54) is 11.1 Å². The van der Waals surface area contributed by atoms with Gasteiger partial charge in [0.15, 0.2) is 5.78 Å². The van der Waals surface area contributed by atoms with Crippen molar-refractivity contribution < 1.29 is 14.3 Å². The maximum atomic E-state index is 11.3. The number of hydrogen-bond donors (Lipinski definition) is 0. The van der Waals surface area contributed by atoms with E-state index >= 15 is 0 Å². The van der Waals surface area contributed by atoms with Crippen LogP contribution in [0.1, 0.15) is 37.3 Å². The summed E-state index contributed by atoms with van der Waals surface area (Å²) >= 11 is 11.1. The van der Waals surface area contributed by atoms with Crippen LogP contribution in [-0.2, 0) is 4.79 Å². The molecule has 26 heavy (non-hydrogen) atoms. The van der Waals surface area contributed by atoms with Gasteiger partial charge in [-0.3, -0.25) is 4.79 Å². The molecule has 2 aromatic carbocycles. The lowest BCUT2D eigenvalue weighted by molar-refractivity contribution is -0.120. The normalized spacial score (nSPS) is 11.5. The molecule has 0 aromatic heterocycles. The second-order valence-corrected chi connectivity index (χ2v) is 6.85. The lowest BCUT2D eigenvalue weighted by Crippen LogP contribution is -2.09. The van der Waals surface area contributed by atoms with E-state index in [-0.39, 0.29) is 22.8 Å². The zero-order chi connectivity index (χ0) is 18.9. The summed E-state index contributed by atoms with van der Waals surface area (Å²) in [4.78, 5) is 11.3. The highest BCUT2D eigenvalue weighted by Gasteiger charge is 2.09. The molecule has 0 spiro atoms. The fourth-order valence-electron chi connectivity index (χ4n) is 2.36. The first kappa shape index (κ1) is 20.3. The molecule has 0 aliphatic heterocycles. The Morgan fingerprint density at radius 3 is 1.92 bits per heavy atom. The molecule has 0 aliphatic carbocycles. The second-order valence-electron chi connectivity index (χ2n) is 5.85. The van der Waals surface area contributed by atoms with Crippen molar-refractivity contribution in [2.75, 3.05) is 13.2 Å². The number of halogens is 2. The fraction of sp³-hybridized carbons (Fsp3) is 0.286. The first-order valence-corrected chi connectivity index (χ1v) is 9.23. The zero-order valence-corrected chi connectivity index (χ0v) is 16.4. The molecule has 3 nitrogen and oxygen atoms in total. The number of rotatable bonds is 9. The summed E-state index contributed by atoms with van der Waals surface area (Å²) in [5.41, 5.74) is 2.35. The number of benzene rings is 2. The monoisotopic (exact) mass is 392 g/mol. The SMILES string of the molecule is CCC(=O)COc1ccc(C(C)c2ccc(OCC=C(Cl)Cl)cc2)cc1. The van der Waals surface area contributed by atoms with E-state index in [0.717, 1.165) is 5.75 Å². The van der Waals surface area contributed by atoms with Gasteiger partial charge in [-0.2, -0.15) is 0 Å². The third-order valence-corrected chi connectivity index (χ3v) is 4.35. The van der Waals surface area contributed by atoms with Gasteiger partial charge in [-0.25, -0.2) is 0 Å². The van der Waals surface area contributed by atoms with E-state index in [0.29, 0.717) is 18.8 Å². The first-order chi connectivity index (χ1) is 12.5. The van der Waals surface area contributed by atoms with Crippen molar-refractivity contribution in [2.24, 2.45) is 0 Å². The quantitative estimate of drug-likeness (QED) is 0.533. The van der Waals surface area contributed by atoms with Gasteiger partial charge in [-0.1, -0.05) is 61.3 Å². The summed E-state index contributed by atoms with van der Waals surface area (Å²) in [6.07, 6.45) is 2.08. The van der Waals surface area contributed by atoms with Crippen LogP contribution in [0.3, 0.4) is 0 Å². The molecular formula is C21H22Cl2O3. The van der Waals surface area contributed by atoms with Crippen molar-refractivity contribution in [3.05, 3.63) is 70.2 Å². The van der Waals surface area contributed by atoms with E-state index in [1.54, 1.807) is 6.08 Å². The summed E-state index contributed by atoms with van der Waals surface area (Å²) in [5, 5.41) is 0. The van der Waals surface area contributed by atoms with Crippen molar-refractivity contribution in [2.45, 2.75) is 26.2 Å². The maximum absolute atomic E-state index is 11.3. The third kappa shape index (κ3) is 6.40. The first-order valence-electron chi connectivity index (χ1n) is 8.48. The van der Waals surface area contributed by atoms with Crippen LogP contribution in [0.15, 0.2) is 59.1 Å². The molecule has 0 bridgehead atoms. The smallest absolute Gasteiger partial charge is 0.169 e. The van der Waals surface area contributed by atoms with E-state index in [2.05, 4.69) is 6.92 Å². The van der Waals surface area contributed by atoms with Crippen LogP contribution in [0.4, 0.5) is 0 Å². The molecule has 5 heteroatoms. The molecule has 0 saturated carbocycles. The van der Waals surface area contributed by atoms with Gasteiger partial charge < -0.3 is 9.47 Å². The third-order valence-electron chi connectivity index (χ3n) is 4.04. The second kappa shape index (κ2) is 10.2. The Labute approximate surface area is 164 Å². The summed E-state index contributed by atoms with van der Waals surface area (Å²) in [7, 11) is 0. The van der Waals surface area contributed by atoms with Crippen molar-refractivity contribution >= 4 is 29.0 Å². The van der Waals surface area contributed by atoms with Gasteiger partial charge in [0.2, 0.25) is 0 Å². The molecule has 0 heterocycles. The maximum Gasteiger partial charge on any atom is 0.169 e. The number of ketones is 1. The zero-order valence-electron chi connectivity index (χ0n) is 14.9. The van der Waals surface area contributed by atoms with Crippen LogP contribution < -0.4 is 9.47 Å². The van der Waals surface area contributed by atoms with Crippen LogP contribution in [0.25, 0.3) is 0 Å². The largest absolute Gasteiger partial charge is 0.489 e. The van der Waals surface area contributed by atoms with E-state index < -0.39 is 0 Å². The lowest BCUT2D eigenvalue weighted by atomic mass is 9.93. The molecule has 138 valence electrons. The van der Waals surface area contributed by atoms with Gasteiger partial charge in [0.1, 0.15) is 29.2 Å². The Morgan fingerprint density at radius 2 is 1.46 bits per heavy atom. The van der Waals surface area contributed by atoms with Crippen LogP contribution in [0, 0.1) is 0 Å². The number of hydrogen-bond acceptors (Lipinski definition) is 3. The molecule has 0 amide bonds. The standard InChI is InChI=1S/C21H22Cl2O3/c1-3-18(24)14-26-20-10-6-17(7-11-20)15(2)16-4-8-19(9-5-16)25-13-12-21(22)23/h4-12,15H,3,13-14H2,1-2H3. The molecule has 0 fully saturated rings. The van der Waals surface area contributed by atoms with Gasteiger partial charge >= 0.3 is 0 Å². The average Bonchev–Trinajstić information content (AvgIpc) is 2.66. The molecule has 2 rings (SSSR count). The number of carbonyl (C=O) groups is 1. The number of carbonyl (C=O) groups excluding carboxylic acids is 1. The minimum atomic E-state index is 0.0913. The van der Waals surface area contributed by atoms with Crippen molar-refractivity contribution in [3.8, 4) is 11.5 Å². The Balaban J connectivity index is 1.96. The number of Topliss-reactive ketones (excluding diaryl/α,β-unsaturated/α-hetero) is 1. The summed E-state index contributed by atoms with van der Waals surface area (Å²) in [6, 6.07) is 15.8. The van der Waals surface area contributed by atoms with Gasteiger partial charge in [-0.15, -0.1) is 0 Å². The topological polar surface area (TPSA) is 35.5 Å². The Morgan fingerprint density at radius 1 is 0.962 bits per heavy atom. The lowest BCUT2D eigenvalue weighted by Gasteiger charge is -2.14. The van der Waals surface area contributed by atoms with Crippen LogP contribution in [-0.4, -0.2) is 19.0 Å². The van der Waals surface area contributed by atoms with Gasteiger partial charge in [-0.05, 0) is 41.5 Å². The van der Waals surface area contributed by atoms with Gasteiger partial charge in [0.25, 0.3) is 0 Å². The van der Waals surface area contributed by atoms with Crippen LogP contribution in [0.5, 0.6) is 11.5 Å². The minimum Gasteiger partial charge on any atom is -0.489 e. The Hall–Kier alpha value is -1.97. The van der Waals surface area contributed by atoms with Crippen molar-refractivity contribution in [1.82, 2.24) is 0 Å². The summed E-state index contributed by atoms with van der Waals surface area (Å²) in [5.74, 6) is 1.79. The molecule has 0 aliphatic rings. The fourth-order valence-corrected chi connectivity index (χ4v) is 2.49. The highest BCUT2D eigenvalue weighted by Crippen LogP contribution is 2.27. The van der Waals surface area contributed by atoms with E-state index in [1.807, 2.05) is 55.5 Å². The number of ether oxygens (including phenoxy) is 2. The van der Waals surface area contributed by atoms with Crippen LogP contribution >= 0.6 is 23.2 Å². The Bertz CT molecular complexity index is 733. The molecule has 2 aromatic rings. The summed E-state index contributed by atoms with van der Waals surface area (Å²) < 4.78 is 11.2. The van der Waals surface area contributed by atoms with Crippen molar-refractivity contribution in [3.63, 3.8) is 0 Å². The molecular weight excluding hydrogens is 371 g/mol. The van der Waals surface area contributed by atoms with E-state index in [9.17, 15) is 4.79 Å². The minimum absolute atomic E-state index is 0.0913. The molecule has 0 radical (unpaired) electrons. The molecule has 1 atom stereocenters. The molecule has 1 unspecified atom stereocenters. The van der Waals surface area contributed by atoms with Crippen LogP contribution in [0.2, 0.25) is 0 Å². The highest BCUT2D eigenvalue weighted by atomic mass is 35.5. The Kier molecular flexibility index (Phi) is 8.02. The van der Waals surface area contributed by atoms with Gasteiger partial charge in [0, 0.05) is 12.3 Å². The summed E-state index contributed by atoms with van der Waals surface area (Å²) in [6.45, 7) is 4.43. The molecule has 0 saturated heterocycles. The predicted molar refractivity (Wildman–Crippen MR) is 106 cm³/mol. The highest BCUT2D eigenvalue weighted by molar-refractivity contribution is 6.55. The van der Waals surface area contributed by atoms with Crippen molar-refractivity contribution in [1.29, 1.82) is 0 Å². The molecule has 0 N–H and O–H groups in total. The van der Waals surface area contributed by atoms with E-state index in [4.69, 9.17) is 32.7 Å².